The average Bonchev–Trinajstić information content (AvgIpc) is 2.88. The zero-order chi connectivity index (χ0) is 14.7. The average molecular weight is 281 g/mol. The summed E-state index contributed by atoms with van der Waals surface area (Å²) >= 11 is 0. The molecule has 0 bridgehead atoms. The summed E-state index contributed by atoms with van der Waals surface area (Å²) in [6.07, 6.45) is 0.177. The Labute approximate surface area is 116 Å². The molecular weight excluding hydrogens is 264 g/mol. The van der Waals surface area contributed by atoms with Crippen LogP contribution in [-0.4, -0.2) is 23.2 Å². The van der Waals surface area contributed by atoms with Gasteiger partial charge in [0.15, 0.2) is 5.82 Å². The molecule has 2 rings (SSSR count). The first-order valence-electron chi connectivity index (χ1n) is 6.45. The molecule has 4 nitrogen and oxygen atoms in total. The van der Waals surface area contributed by atoms with Crippen molar-refractivity contribution in [1.82, 2.24) is 15.5 Å². The zero-order valence-corrected chi connectivity index (χ0v) is 11.7. The van der Waals surface area contributed by atoms with Crippen molar-refractivity contribution in [2.45, 2.75) is 32.2 Å². The van der Waals surface area contributed by atoms with Gasteiger partial charge in [-0.2, -0.15) is 4.98 Å². The predicted molar refractivity (Wildman–Crippen MR) is 70.4 cm³/mol. The fourth-order valence-electron chi connectivity index (χ4n) is 1.82. The molecule has 20 heavy (non-hydrogen) atoms. The highest BCUT2D eigenvalue weighted by Gasteiger charge is 2.20. The van der Waals surface area contributed by atoms with E-state index in [1.807, 2.05) is 20.9 Å². The summed E-state index contributed by atoms with van der Waals surface area (Å²) in [4.78, 5) is 4.26. The largest absolute Gasteiger partial charge is 0.339 e. The monoisotopic (exact) mass is 281 g/mol. The van der Waals surface area contributed by atoms with Crippen LogP contribution in [0.3, 0.4) is 0 Å². The smallest absolute Gasteiger partial charge is 0.231 e. The van der Waals surface area contributed by atoms with Crippen LogP contribution in [0.4, 0.5) is 8.78 Å². The highest BCUT2D eigenvalue weighted by molar-refractivity contribution is 5.21. The number of rotatable bonds is 5. The predicted octanol–water partition coefficient (Wildman–Crippen LogP) is 2.65. The van der Waals surface area contributed by atoms with Gasteiger partial charge < -0.3 is 9.84 Å². The van der Waals surface area contributed by atoms with E-state index < -0.39 is 11.6 Å². The first-order valence-corrected chi connectivity index (χ1v) is 6.45. The summed E-state index contributed by atoms with van der Waals surface area (Å²) in [6.45, 7) is 3.98. The van der Waals surface area contributed by atoms with Crippen molar-refractivity contribution in [3.05, 3.63) is 47.1 Å². The third kappa shape index (κ3) is 3.19. The molecule has 0 fully saturated rings. The van der Waals surface area contributed by atoms with Crippen molar-refractivity contribution >= 4 is 0 Å². The second-order valence-electron chi connectivity index (χ2n) is 4.83. The van der Waals surface area contributed by atoms with Gasteiger partial charge in [-0.25, -0.2) is 8.78 Å². The summed E-state index contributed by atoms with van der Waals surface area (Å²) in [5.41, 5.74) is 0.341. The van der Waals surface area contributed by atoms with Crippen molar-refractivity contribution in [2.75, 3.05) is 7.05 Å². The summed E-state index contributed by atoms with van der Waals surface area (Å²) in [5, 5.41) is 6.95. The Kier molecular flexibility index (Phi) is 4.44. The van der Waals surface area contributed by atoms with E-state index in [1.165, 1.54) is 12.1 Å². The Balaban J connectivity index is 2.13. The van der Waals surface area contributed by atoms with Gasteiger partial charge in [0.1, 0.15) is 11.6 Å². The van der Waals surface area contributed by atoms with Crippen molar-refractivity contribution in [1.29, 1.82) is 0 Å². The number of aromatic nitrogens is 2. The highest BCUT2D eigenvalue weighted by atomic mass is 19.1. The van der Waals surface area contributed by atoms with Gasteiger partial charge in [-0.05, 0) is 25.6 Å². The molecule has 0 radical (unpaired) electrons. The van der Waals surface area contributed by atoms with Gasteiger partial charge in [0.2, 0.25) is 5.89 Å². The Morgan fingerprint density at radius 2 is 2.05 bits per heavy atom. The zero-order valence-electron chi connectivity index (χ0n) is 11.7. The van der Waals surface area contributed by atoms with Gasteiger partial charge >= 0.3 is 0 Å². The number of benzene rings is 1. The first kappa shape index (κ1) is 14.6. The van der Waals surface area contributed by atoms with E-state index in [1.54, 1.807) is 0 Å². The van der Waals surface area contributed by atoms with Gasteiger partial charge in [0, 0.05) is 18.5 Å². The number of hydrogen-bond acceptors (Lipinski definition) is 4. The van der Waals surface area contributed by atoms with E-state index in [0.717, 1.165) is 6.07 Å². The molecule has 1 aromatic heterocycles. The third-order valence-corrected chi connectivity index (χ3v) is 3.44. The number of nitrogens with one attached hydrogen (secondary N) is 1. The van der Waals surface area contributed by atoms with E-state index in [9.17, 15) is 8.78 Å². The number of halogens is 2. The Hall–Kier alpha value is -1.82. The molecule has 2 unspecified atom stereocenters. The molecule has 0 aliphatic carbocycles. The lowest BCUT2D eigenvalue weighted by Gasteiger charge is -2.14. The molecule has 1 aromatic carbocycles. The van der Waals surface area contributed by atoms with Crippen LogP contribution in [0, 0.1) is 11.6 Å². The molecule has 0 saturated heterocycles. The first-order chi connectivity index (χ1) is 9.51. The maximum Gasteiger partial charge on any atom is 0.231 e. The second kappa shape index (κ2) is 6.09. The summed E-state index contributed by atoms with van der Waals surface area (Å²) in [5.74, 6) is -0.256. The van der Waals surface area contributed by atoms with Crippen LogP contribution in [0.25, 0.3) is 0 Å². The number of nitrogens with zero attached hydrogens (tertiary/aromatic N) is 2. The topological polar surface area (TPSA) is 51.0 Å². The van der Waals surface area contributed by atoms with Crippen LogP contribution in [0.1, 0.15) is 37.0 Å². The summed E-state index contributed by atoms with van der Waals surface area (Å²) in [7, 11) is 1.85. The Bertz CT molecular complexity index is 586. The second-order valence-corrected chi connectivity index (χ2v) is 4.83. The minimum absolute atomic E-state index is 0.0549. The van der Waals surface area contributed by atoms with Gasteiger partial charge in [0.25, 0.3) is 0 Å². The Morgan fingerprint density at radius 1 is 1.30 bits per heavy atom. The van der Waals surface area contributed by atoms with Crippen LogP contribution < -0.4 is 5.32 Å². The lowest BCUT2D eigenvalue weighted by molar-refractivity contribution is 0.333. The fraction of sp³-hybridized carbons (Fsp3) is 0.429. The molecule has 2 atom stereocenters. The molecule has 108 valence electrons. The van der Waals surface area contributed by atoms with E-state index in [0.29, 0.717) is 17.3 Å². The molecule has 0 aliphatic heterocycles. The van der Waals surface area contributed by atoms with Crippen LogP contribution in [0.5, 0.6) is 0 Å². The normalized spacial score (nSPS) is 14.2. The van der Waals surface area contributed by atoms with Crippen LogP contribution in [0.15, 0.2) is 22.7 Å². The van der Waals surface area contributed by atoms with Gasteiger partial charge in [-0.1, -0.05) is 18.1 Å². The highest BCUT2D eigenvalue weighted by Crippen LogP contribution is 2.18. The van der Waals surface area contributed by atoms with E-state index >= 15 is 0 Å². The van der Waals surface area contributed by atoms with E-state index in [-0.39, 0.29) is 18.4 Å². The molecule has 1 heterocycles. The standard InChI is InChI=1S/C14H17F2N3O/c1-8(9(2)17-3)14-18-13(19-20-14)6-10-4-5-11(15)7-12(10)16/h4-5,7-9,17H,6H2,1-3H3. The van der Waals surface area contributed by atoms with Crippen LogP contribution in [0.2, 0.25) is 0 Å². The van der Waals surface area contributed by atoms with Crippen molar-refractivity contribution < 1.29 is 13.3 Å². The SMILES string of the molecule is CNC(C)C(C)c1nc(Cc2ccc(F)cc2F)no1. The maximum absolute atomic E-state index is 13.5. The number of hydrogen-bond donors (Lipinski definition) is 1. The molecule has 0 saturated carbocycles. The van der Waals surface area contributed by atoms with Crippen molar-refractivity contribution in [3.63, 3.8) is 0 Å². The van der Waals surface area contributed by atoms with Crippen molar-refractivity contribution in [2.24, 2.45) is 0 Å². The van der Waals surface area contributed by atoms with E-state index in [4.69, 9.17) is 4.52 Å². The van der Waals surface area contributed by atoms with Gasteiger partial charge in [0.05, 0.1) is 5.92 Å². The summed E-state index contributed by atoms with van der Waals surface area (Å²) in [6, 6.07) is 3.64. The minimum atomic E-state index is -0.604. The molecular formula is C14H17F2N3O. The minimum Gasteiger partial charge on any atom is -0.339 e. The lowest BCUT2D eigenvalue weighted by Crippen LogP contribution is -2.27. The Morgan fingerprint density at radius 3 is 2.70 bits per heavy atom. The van der Waals surface area contributed by atoms with Crippen LogP contribution >= 0.6 is 0 Å². The van der Waals surface area contributed by atoms with Gasteiger partial charge in [-0.15, -0.1) is 0 Å². The summed E-state index contributed by atoms with van der Waals surface area (Å²) < 4.78 is 31.6. The number of likely N-dealkylation sites (N-methyl/N-ethyl adjacent to an activating group) is 1. The molecule has 0 spiro atoms. The van der Waals surface area contributed by atoms with E-state index in [2.05, 4.69) is 15.5 Å². The third-order valence-electron chi connectivity index (χ3n) is 3.44. The molecule has 0 aliphatic rings. The molecule has 6 heteroatoms. The van der Waals surface area contributed by atoms with Crippen molar-refractivity contribution in [3.8, 4) is 0 Å². The maximum atomic E-state index is 13.5. The van der Waals surface area contributed by atoms with Gasteiger partial charge in [-0.3, -0.25) is 0 Å². The quantitative estimate of drug-likeness (QED) is 0.915. The molecule has 2 aromatic rings. The van der Waals surface area contributed by atoms with Crippen LogP contribution in [-0.2, 0) is 6.42 Å². The molecule has 0 amide bonds. The fourth-order valence-corrected chi connectivity index (χ4v) is 1.82. The lowest BCUT2D eigenvalue weighted by atomic mass is 10.0. The molecule has 1 N–H and O–H groups in total.